The molecule has 2 aromatic rings. The Morgan fingerprint density at radius 1 is 1.32 bits per heavy atom. The van der Waals surface area contributed by atoms with Crippen LogP contribution in [-0.4, -0.2) is 20.6 Å². The van der Waals surface area contributed by atoms with E-state index in [2.05, 4.69) is 4.98 Å². The topological polar surface area (TPSA) is 64.3 Å². The number of imidazole rings is 1. The Morgan fingerprint density at radius 2 is 1.95 bits per heavy atom. The van der Waals surface area contributed by atoms with Gasteiger partial charge in [-0.2, -0.15) is 4.98 Å². The molecule has 0 aliphatic heterocycles. The standard InChI is InChI=1S/C14H16N2O3/c1-9(2)16-8-12(13(17)18)15-14(16)19-11-6-4-10(3)5-7-11/h4-9H,1-3H3,(H,17,18). The molecule has 0 saturated heterocycles. The third kappa shape index (κ3) is 2.93. The van der Waals surface area contributed by atoms with Crippen molar-refractivity contribution >= 4 is 5.97 Å². The molecule has 100 valence electrons. The van der Waals surface area contributed by atoms with E-state index in [1.54, 1.807) is 4.57 Å². The van der Waals surface area contributed by atoms with E-state index in [1.165, 1.54) is 6.20 Å². The molecule has 1 heterocycles. The van der Waals surface area contributed by atoms with Crippen LogP contribution in [0.1, 0.15) is 35.9 Å². The Labute approximate surface area is 111 Å². The Kier molecular flexibility index (Phi) is 3.55. The van der Waals surface area contributed by atoms with E-state index < -0.39 is 5.97 Å². The number of ether oxygens (including phenoxy) is 1. The molecule has 1 aromatic carbocycles. The second-order valence-corrected chi connectivity index (χ2v) is 4.63. The molecule has 0 amide bonds. The summed E-state index contributed by atoms with van der Waals surface area (Å²) in [4.78, 5) is 14.9. The van der Waals surface area contributed by atoms with E-state index in [4.69, 9.17) is 9.84 Å². The number of hydrogen-bond acceptors (Lipinski definition) is 3. The number of aromatic carboxylic acids is 1. The summed E-state index contributed by atoms with van der Waals surface area (Å²) in [5.41, 5.74) is 1.11. The highest BCUT2D eigenvalue weighted by Gasteiger charge is 2.16. The summed E-state index contributed by atoms with van der Waals surface area (Å²) in [5.74, 6) is -0.428. The van der Waals surface area contributed by atoms with E-state index in [0.29, 0.717) is 5.75 Å². The summed E-state index contributed by atoms with van der Waals surface area (Å²) in [7, 11) is 0. The first kappa shape index (κ1) is 13.1. The molecule has 0 aliphatic rings. The maximum Gasteiger partial charge on any atom is 0.356 e. The average molecular weight is 260 g/mol. The molecule has 0 atom stereocenters. The maximum atomic E-state index is 11.0. The number of carboxylic acids is 1. The van der Waals surface area contributed by atoms with Crippen molar-refractivity contribution < 1.29 is 14.6 Å². The van der Waals surface area contributed by atoms with Gasteiger partial charge in [0.25, 0.3) is 0 Å². The monoisotopic (exact) mass is 260 g/mol. The Bertz CT molecular complexity index is 585. The molecular formula is C14H16N2O3. The second kappa shape index (κ2) is 5.14. The van der Waals surface area contributed by atoms with Crippen LogP contribution < -0.4 is 4.74 Å². The zero-order valence-electron chi connectivity index (χ0n) is 11.1. The van der Waals surface area contributed by atoms with Gasteiger partial charge in [-0.05, 0) is 32.9 Å². The van der Waals surface area contributed by atoms with Crippen molar-refractivity contribution in [2.75, 3.05) is 0 Å². The van der Waals surface area contributed by atoms with Gasteiger partial charge in [-0.3, -0.25) is 4.57 Å². The molecule has 0 bridgehead atoms. The minimum absolute atomic E-state index is 0.0178. The number of hydrogen-bond donors (Lipinski definition) is 1. The molecule has 1 N–H and O–H groups in total. The van der Waals surface area contributed by atoms with Gasteiger partial charge < -0.3 is 9.84 Å². The number of carboxylic acid groups (broad SMARTS) is 1. The highest BCUT2D eigenvalue weighted by molar-refractivity contribution is 5.85. The van der Waals surface area contributed by atoms with E-state index in [-0.39, 0.29) is 17.7 Å². The van der Waals surface area contributed by atoms with Crippen LogP contribution in [0.2, 0.25) is 0 Å². The molecule has 19 heavy (non-hydrogen) atoms. The summed E-state index contributed by atoms with van der Waals surface area (Å²) in [6, 6.07) is 7.87. The smallest absolute Gasteiger partial charge is 0.356 e. The summed E-state index contributed by atoms with van der Waals surface area (Å²) in [5, 5.41) is 8.98. The number of benzene rings is 1. The molecule has 5 heteroatoms. The van der Waals surface area contributed by atoms with Crippen LogP contribution in [0.25, 0.3) is 0 Å². The van der Waals surface area contributed by atoms with Crippen LogP contribution in [0.15, 0.2) is 30.5 Å². The van der Waals surface area contributed by atoms with E-state index in [0.717, 1.165) is 5.56 Å². The maximum absolute atomic E-state index is 11.0. The van der Waals surface area contributed by atoms with Crippen molar-refractivity contribution in [3.63, 3.8) is 0 Å². The van der Waals surface area contributed by atoms with Gasteiger partial charge in [0.05, 0.1) is 0 Å². The molecule has 0 radical (unpaired) electrons. The number of nitrogens with zero attached hydrogens (tertiary/aromatic N) is 2. The van der Waals surface area contributed by atoms with Gasteiger partial charge in [0.2, 0.25) is 0 Å². The zero-order chi connectivity index (χ0) is 14.0. The lowest BCUT2D eigenvalue weighted by atomic mass is 10.2. The Balaban J connectivity index is 2.32. The lowest BCUT2D eigenvalue weighted by Crippen LogP contribution is -2.02. The highest BCUT2D eigenvalue weighted by atomic mass is 16.5. The summed E-state index contributed by atoms with van der Waals surface area (Å²) < 4.78 is 7.34. The van der Waals surface area contributed by atoms with Crippen LogP contribution in [0.4, 0.5) is 0 Å². The fourth-order valence-electron chi connectivity index (χ4n) is 1.64. The van der Waals surface area contributed by atoms with Crippen LogP contribution in [0.5, 0.6) is 11.8 Å². The van der Waals surface area contributed by atoms with Crippen molar-refractivity contribution in [3.05, 3.63) is 41.7 Å². The van der Waals surface area contributed by atoms with Crippen molar-refractivity contribution in [2.24, 2.45) is 0 Å². The van der Waals surface area contributed by atoms with Gasteiger partial charge in [0.1, 0.15) is 5.75 Å². The first-order valence-corrected chi connectivity index (χ1v) is 6.04. The van der Waals surface area contributed by atoms with Gasteiger partial charge in [-0.15, -0.1) is 0 Å². The molecule has 0 saturated carbocycles. The minimum Gasteiger partial charge on any atom is -0.476 e. The molecule has 0 spiro atoms. The first-order chi connectivity index (χ1) is 8.97. The van der Waals surface area contributed by atoms with Gasteiger partial charge in [-0.1, -0.05) is 17.7 Å². The first-order valence-electron chi connectivity index (χ1n) is 6.04. The summed E-state index contributed by atoms with van der Waals surface area (Å²) in [6.07, 6.45) is 1.48. The zero-order valence-corrected chi connectivity index (χ0v) is 11.1. The normalized spacial score (nSPS) is 10.7. The van der Waals surface area contributed by atoms with Crippen molar-refractivity contribution in [1.82, 2.24) is 9.55 Å². The van der Waals surface area contributed by atoms with Crippen molar-refractivity contribution in [3.8, 4) is 11.8 Å². The molecule has 0 aliphatic carbocycles. The highest BCUT2D eigenvalue weighted by Crippen LogP contribution is 2.24. The molecule has 2 rings (SSSR count). The lowest BCUT2D eigenvalue weighted by molar-refractivity contribution is 0.0690. The predicted molar refractivity (Wildman–Crippen MR) is 70.8 cm³/mol. The fraction of sp³-hybridized carbons (Fsp3) is 0.286. The van der Waals surface area contributed by atoms with Crippen LogP contribution in [0.3, 0.4) is 0 Å². The number of rotatable bonds is 4. The largest absolute Gasteiger partial charge is 0.476 e. The molecule has 0 unspecified atom stereocenters. The third-order valence-electron chi connectivity index (χ3n) is 2.70. The van der Waals surface area contributed by atoms with Crippen molar-refractivity contribution in [1.29, 1.82) is 0 Å². The number of aromatic nitrogens is 2. The van der Waals surface area contributed by atoms with Crippen LogP contribution in [0, 0.1) is 6.92 Å². The minimum atomic E-state index is -1.06. The van der Waals surface area contributed by atoms with Gasteiger partial charge in [0, 0.05) is 12.2 Å². The number of carbonyl (C=O) groups is 1. The third-order valence-corrected chi connectivity index (χ3v) is 2.70. The molecule has 0 fully saturated rings. The molecule has 5 nitrogen and oxygen atoms in total. The summed E-state index contributed by atoms with van der Waals surface area (Å²) >= 11 is 0. The molecule has 1 aromatic heterocycles. The Hall–Kier alpha value is -2.30. The van der Waals surface area contributed by atoms with E-state index >= 15 is 0 Å². The average Bonchev–Trinajstić information content (AvgIpc) is 2.76. The van der Waals surface area contributed by atoms with Crippen LogP contribution in [-0.2, 0) is 0 Å². The summed E-state index contributed by atoms with van der Waals surface area (Å²) in [6.45, 7) is 5.87. The van der Waals surface area contributed by atoms with E-state index in [9.17, 15) is 4.79 Å². The van der Waals surface area contributed by atoms with Crippen molar-refractivity contribution in [2.45, 2.75) is 26.8 Å². The Morgan fingerprint density at radius 3 is 2.47 bits per heavy atom. The SMILES string of the molecule is Cc1ccc(Oc2nc(C(=O)O)cn2C(C)C)cc1. The fourth-order valence-corrected chi connectivity index (χ4v) is 1.64. The van der Waals surface area contributed by atoms with Gasteiger partial charge in [0.15, 0.2) is 5.69 Å². The lowest BCUT2D eigenvalue weighted by Gasteiger charge is -2.11. The van der Waals surface area contributed by atoms with Crippen LogP contribution >= 0.6 is 0 Å². The van der Waals surface area contributed by atoms with Gasteiger partial charge >= 0.3 is 12.0 Å². The van der Waals surface area contributed by atoms with Gasteiger partial charge in [-0.25, -0.2) is 4.79 Å². The second-order valence-electron chi connectivity index (χ2n) is 4.63. The molecular weight excluding hydrogens is 244 g/mol. The quantitative estimate of drug-likeness (QED) is 0.916. The van der Waals surface area contributed by atoms with E-state index in [1.807, 2.05) is 45.0 Å². The predicted octanol–water partition coefficient (Wildman–Crippen LogP) is 3.26. The number of aryl methyl sites for hydroxylation is 1.